The van der Waals surface area contributed by atoms with Crippen LogP contribution in [0.1, 0.15) is 11.1 Å². The Kier molecular flexibility index (Phi) is 6.22. The lowest BCUT2D eigenvalue weighted by Crippen LogP contribution is -1.98. The Hall–Kier alpha value is -6.88. The molecular formula is C44H26N4. The predicted molar refractivity (Wildman–Crippen MR) is 195 cm³/mol. The predicted octanol–water partition coefficient (Wildman–Crippen LogP) is 11.0. The second-order valence-electron chi connectivity index (χ2n) is 12.0. The Bertz CT molecular complexity index is 2820. The minimum atomic E-state index is 0.624. The Balaban J connectivity index is 1.33. The van der Waals surface area contributed by atoms with Gasteiger partial charge in [-0.3, -0.25) is 0 Å². The molecule has 0 fully saturated rings. The van der Waals surface area contributed by atoms with Gasteiger partial charge in [0.1, 0.15) is 6.07 Å². The van der Waals surface area contributed by atoms with E-state index in [1.807, 2.05) is 42.5 Å². The van der Waals surface area contributed by atoms with E-state index >= 15 is 0 Å². The molecule has 0 bridgehead atoms. The van der Waals surface area contributed by atoms with Crippen molar-refractivity contribution in [2.75, 3.05) is 0 Å². The molecule has 0 aliphatic carbocycles. The van der Waals surface area contributed by atoms with E-state index in [0.29, 0.717) is 11.1 Å². The molecule has 0 saturated heterocycles. The van der Waals surface area contributed by atoms with Crippen molar-refractivity contribution in [3.8, 4) is 45.8 Å². The average Bonchev–Trinajstić information content (AvgIpc) is 3.68. The third-order valence-corrected chi connectivity index (χ3v) is 9.37. The Labute approximate surface area is 277 Å². The van der Waals surface area contributed by atoms with Crippen LogP contribution in [0.3, 0.4) is 0 Å². The molecule has 2 aromatic heterocycles. The topological polar surface area (TPSA) is 57.4 Å². The van der Waals surface area contributed by atoms with Crippen LogP contribution in [0.5, 0.6) is 0 Å². The lowest BCUT2D eigenvalue weighted by Gasteiger charge is -2.15. The summed E-state index contributed by atoms with van der Waals surface area (Å²) in [5, 5.41) is 24.4. The Morgan fingerprint density at radius 1 is 0.417 bits per heavy atom. The van der Waals surface area contributed by atoms with E-state index in [-0.39, 0.29) is 0 Å². The van der Waals surface area contributed by atoms with E-state index in [9.17, 15) is 10.5 Å². The number of para-hydroxylation sites is 5. The molecule has 7 aromatic carbocycles. The first kappa shape index (κ1) is 27.4. The van der Waals surface area contributed by atoms with Crippen molar-refractivity contribution in [2.45, 2.75) is 0 Å². The normalized spacial score (nSPS) is 11.3. The molecule has 0 saturated carbocycles. The molecule has 0 spiro atoms. The largest absolute Gasteiger partial charge is 0.309 e. The minimum absolute atomic E-state index is 0.624. The summed E-state index contributed by atoms with van der Waals surface area (Å²) in [7, 11) is 0. The lowest BCUT2D eigenvalue weighted by molar-refractivity contribution is 1.17. The lowest BCUT2D eigenvalue weighted by atomic mass is 9.96. The molecule has 48 heavy (non-hydrogen) atoms. The summed E-state index contributed by atoms with van der Waals surface area (Å²) >= 11 is 0. The van der Waals surface area contributed by atoms with Gasteiger partial charge in [-0.05, 0) is 59.7 Å². The second kappa shape index (κ2) is 10.9. The zero-order chi connectivity index (χ0) is 32.2. The van der Waals surface area contributed by atoms with Crippen molar-refractivity contribution in [2.24, 2.45) is 0 Å². The van der Waals surface area contributed by atoms with E-state index in [0.717, 1.165) is 71.9 Å². The van der Waals surface area contributed by atoms with Crippen LogP contribution in [0.2, 0.25) is 0 Å². The van der Waals surface area contributed by atoms with E-state index in [1.54, 1.807) is 0 Å². The van der Waals surface area contributed by atoms with Gasteiger partial charge >= 0.3 is 0 Å². The summed E-state index contributed by atoms with van der Waals surface area (Å²) in [5.74, 6) is 0. The monoisotopic (exact) mass is 610 g/mol. The van der Waals surface area contributed by atoms with Crippen LogP contribution in [0.25, 0.3) is 77.2 Å². The summed E-state index contributed by atoms with van der Waals surface area (Å²) in [5.41, 5.74) is 11.8. The highest BCUT2D eigenvalue weighted by molar-refractivity contribution is 6.15. The number of benzene rings is 7. The number of nitrogens with zero attached hydrogens (tertiary/aromatic N) is 4. The SMILES string of the molecule is N#Cc1cccc(-n2c3ccccc3c3cccc(-c4cccc(-c5cccc6c7ccccc7n(-c7ccccc7C#N)c56)c4)c32)c1. The highest BCUT2D eigenvalue weighted by atomic mass is 15.0. The molecule has 4 heteroatoms. The summed E-state index contributed by atoms with van der Waals surface area (Å²) in [6.07, 6.45) is 0. The van der Waals surface area contributed by atoms with Gasteiger partial charge in [-0.2, -0.15) is 10.5 Å². The number of hydrogen-bond donors (Lipinski definition) is 0. The molecule has 0 N–H and O–H groups in total. The third kappa shape index (κ3) is 4.07. The summed E-state index contributed by atoms with van der Waals surface area (Å²) in [6.45, 7) is 0. The van der Waals surface area contributed by atoms with E-state index in [2.05, 4.69) is 137 Å². The molecule has 0 aliphatic rings. The quantitative estimate of drug-likeness (QED) is 0.199. The Morgan fingerprint density at radius 3 is 1.62 bits per heavy atom. The average molecular weight is 611 g/mol. The van der Waals surface area contributed by atoms with E-state index < -0.39 is 0 Å². The van der Waals surface area contributed by atoms with E-state index in [1.165, 1.54) is 5.39 Å². The highest BCUT2D eigenvalue weighted by Crippen LogP contribution is 2.42. The molecule has 0 amide bonds. The fraction of sp³-hybridized carbons (Fsp3) is 0. The van der Waals surface area contributed by atoms with Gasteiger partial charge in [0.25, 0.3) is 0 Å². The first-order valence-corrected chi connectivity index (χ1v) is 15.9. The second-order valence-corrected chi connectivity index (χ2v) is 12.0. The summed E-state index contributed by atoms with van der Waals surface area (Å²) in [6, 6.07) is 58.9. The number of aromatic nitrogens is 2. The van der Waals surface area contributed by atoms with Crippen molar-refractivity contribution in [1.82, 2.24) is 9.13 Å². The Morgan fingerprint density at radius 2 is 0.958 bits per heavy atom. The first-order chi connectivity index (χ1) is 23.7. The molecule has 0 aliphatic heterocycles. The minimum Gasteiger partial charge on any atom is -0.309 e. The molecule has 2 heterocycles. The van der Waals surface area contributed by atoms with Crippen molar-refractivity contribution >= 4 is 43.6 Å². The van der Waals surface area contributed by atoms with Crippen LogP contribution in [-0.2, 0) is 0 Å². The highest BCUT2D eigenvalue weighted by Gasteiger charge is 2.20. The van der Waals surface area contributed by atoms with Crippen molar-refractivity contribution in [3.63, 3.8) is 0 Å². The molecular weight excluding hydrogens is 585 g/mol. The molecule has 0 unspecified atom stereocenters. The number of hydrogen-bond acceptors (Lipinski definition) is 2. The van der Waals surface area contributed by atoms with Gasteiger partial charge in [0.05, 0.1) is 45.0 Å². The van der Waals surface area contributed by atoms with Crippen LogP contribution in [-0.4, -0.2) is 9.13 Å². The summed E-state index contributed by atoms with van der Waals surface area (Å²) in [4.78, 5) is 0. The van der Waals surface area contributed by atoms with E-state index in [4.69, 9.17) is 0 Å². The van der Waals surface area contributed by atoms with Crippen LogP contribution >= 0.6 is 0 Å². The zero-order valence-electron chi connectivity index (χ0n) is 25.8. The van der Waals surface area contributed by atoms with Crippen molar-refractivity contribution in [1.29, 1.82) is 10.5 Å². The molecule has 4 nitrogen and oxygen atoms in total. The summed E-state index contributed by atoms with van der Waals surface area (Å²) < 4.78 is 4.52. The van der Waals surface area contributed by atoms with Crippen molar-refractivity contribution < 1.29 is 0 Å². The number of fused-ring (bicyclic) bond motifs is 6. The maximum atomic E-state index is 10.1. The molecule has 9 aromatic rings. The van der Waals surface area contributed by atoms with Gasteiger partial charge in [0.15, 0.2) is 0 Å². The third-order valence-electron chi connectivity index (χ3n) is 9.37. The zero-order valence-corrected chi connectivity index (χ0v) is 25.8. The number of rotatable bonds is 4. The fourth-order valence-electron chi connectivity index (χ4n) is 7.35. The first-order valence-electron chi connectivity index (χ1n) is 15.9. The molecule has 222 valence electrons. The van der Waals surface area contributed by atoms with Crippen LogP contribution in [0.4, 0.5) is 0 Å². The maximum absolute atomic E-state index is 10.1. The maximum Gasteiger partial charge on any atom is 0.101 e. The molecule has 0 atom stereocenters. The standard InChI is InChI=1S/C44H26N4/c45-27-29-11-7-15-33(25-29)47-41-23-5-2-16-36(41)38-20-9-18-34(43(38)47)30-13-8-14-31(26-30)35-19-10-21-39-37-17-3-6-24-42(37)48(44(35)39)40-22-4-1-12-32(40)28-46/h1-26H. The molecule has 9 rings (SSSR count). The van der Waals surface area contributed by atoms with Crippen LogP contribution < -0.4 is 0 Å². The van der Waals surface area contributed by atoms with Gasteiger partial charge in [0, 0.05) is 38.4 Å². The van der Waals surface area contributed by atoms with Crippen LogP contribution in [0.15, 0.2) is 158 Å². The smallest absolute Gasteiger partial charge is 0.101 e. The fourth-order valence-corrected chi connectivity index (χ4v) is 7.35. The van der Waals surface area contributed by atoms with Crippen LogP contribution in [0, 0.1) is 22.7 Å². The van der Waals surface area contributed by atoms with Gasteiger partial charge in [-0.15, -0.1) is 0 Å². The van der Waals surface area contributed by atoms with Gasteiger partial charge < -0.3 is 9.13 Å². The van der Waals surface area contributed by atoms with Crippen molar-refractivity contribution in [3.05, 3.63) is 169 Å². The number of nitriles is 2. The van der Waals surface area contributed by atoms with Gasteiger partial charge in [-0.25, -0.2) is 0 Å². The molecule has 0 radical (unpaired) electrons. The van der Waals surface area contributed by atoms with Gasteiger partial charge in [0.2, 0.25) is 0 Å². The van der Waals surface area contributed by atoms with Gasteiger partial charge in [-0.1, -0.05) is 109 Å².